The van der Waals surface area contributed by atoms with Crippen molar-refractivity contribution in [2.45, 2.75) is 69.5 Å². The monoisotopic (exact) mass is 371 g/mol. The van der Waals surface area contributed by atoms with E-state index in [0.717, 1.165) is 32.1 Å². The summed E-state index contributed by atoms with van der Waals surface area (Å²) in [6.07, 6.45) is 7.70. The number of carbonyl (C=O) groups is 2. The quantitative estimate of drug-likeness (QED) is 0.728. The maximum Gasteiger partial charge on any atom is 0.319 e. The molecule has 2 heterocycles. The molecule has 0 radical (unpaired) electrons. The molecule has 6 rings (SSSR count). The molecule has 9 nitrogen and oxygen atoms in total. The Morgan fingerprint density at radius 1 is 1.30 bits per heavy atom. The van der Waals surface area contributed by atoms with Crippen molar-refractivity contribution in [1.29, 1.82) is 0 Å². The molecule has 0 spiro atoms. The van der Waals surface area contributed by atoms with Gasteiger partial charge in [-0.3, -0.25) is 4.79 Å². The molecule has 144 valence electrons. The summed E-state index contributed by atoms with van der Waals surface area (Å²) in [5.41, 5.74) is 0.866. The predicted octanol–water partition coefficient (Wildman–Crippen LogP) is 0.813. The highest BCUT2D eigenvalue weighted by Gasteiger charge is 2.60. The number of tetrazole rings is 1. The lowest BCUT2D eigenvalue weighted by atomic mass is 9.50. The zero-order chi connectivity index (χ0) is 18.8. The van der Waals surface area contributed by atoms with Gasteiger partial charge >= 0.3 is 6.03 Å². The second kappa shape index (κ2) is 5.53. The summed E-state index contributed by atoms with van der Waals surface area (Å²) in [6.45, 7) is 3.63. The molecular formula is C18H25N7O2. The number of rotatable bonds is 3. The summed E-state index contributed by atoms with van der Waals surface area (Å²) in [5.74, 6) is 1.07. The van der Waals surface area contributed by atoms with E-state index in [-0.39, 0.29) is 29.1 Å². The third-order valence-corrected chi connectivity index (χ3v) is 6.91. The Labute approximate surface area is 157 Å². The lowest BCUT2D eigenvalue weighted by Crippen LogP contribution is -2.66. The summed E-state index contributed by atoms with van der Waals surface area (Å²) in [7, 11) is 0. The maximum absolute atomic E-state index is 13.2. The van der Waals surface area contributed by atoms with E-state index in [1.54, 1.807) is 11.7 Å². The van der Waals surface area contributed by atoms with Gasteiger partial charge in [0.2, 0.25) is 0 Å². The molecule has 4 fully saturated rings. The number of amides is 3. The molecule has 4 bridgehead atoms. The fourth-order valence-electron chi connectivity index (χ4n) is 6.52. The smallest absolute Gasteiger partial charge is 0.319 e. The van der Waals surface area contributed by atoms with Gasteiger partial charge in [-0.15, -0.1) is 10.2 Å². The number of nitrogens with one attached hydrogen (secondary N) is 3. The van der Waals surface area contributed by atoms with Crippen LogP contribution in [0.15, 0.2) is 17.6 Å². The van der Waals surface area contributed by atoms with Crippen LogP contribution in [0.5, 0.6) is 0 Å². The van der Waals surface area contributed by atoms with Crippen molar-refractivity contribution in [3.63, 3.8) is 0 Å². The van der Waals surface area contributed by atoms with Gasteiger partial charge in [0.05, 0.1) is 17.2 Å². The third-order valence-electron chi connectivity index (χ3n) is 6.91. The van der Waals surface area contributed by atoms with Crippen LogP contribution >= 0.6 is 0 Å². The molecule has 4 aliphatic carbocycles. The van der Waals surface area contributed by atoms with Crippen LogP contribution in [-0.4, -0.2) is 43.7 Å². The summed E-state index contributed by atoms with van der Waals surface area (Å²) >= 11 is 0. The van der Waals surface area contributed by atoms with E-state index in [1.165, 1.54) is 12.7 Å². The number of nitrogens with zero attached hydrogens (tertiary/aromatic N) is 4. The average molecular weight is 371 g/mol. The lowest BCUT2D eigenvalue weighted by molar-refractivity contribution is -0.128. The Morgan fingerprint density at radius 2 is 2.04 bits per heavy atom. The minimum absolute atomic E-state index is 0.0869. The van der Waals surface area contributed by atoms with Gasteiger partial charge in [0.1, 0.15) is 0 Å². The van der Waals surface area contributed by atoms with Crippen molar-refractivity contribution >= 4 is 11.9 Å². The molecule has 1 aliphatic heterocycles. The maximum atomic E-state index is 13.2. The van der Waals surface area contributed by atoms with Crippen LogP contribution in [0.4, 0.5) is 4.79 Å². The topological polar surface area (TPSA) is 114 Å². The predicted molar refractivity (Wildman–Crippen MR) is 95.2 cm³/mol. The Kier molecular flexibility index (Phi) is 3.42. The van der Waals surface area contributed by atoms with Gasteiger partial charge in [-0.1, -0.05) is 0 Å². The average Bonchev–Trinajstić information content (AvgIpc) is 3.07. The van der Waals surface area contributed by atoms with Crippen LogP contribution in [0.1, 0.15) is 52.4 Å². The van der Waals surface area contributed by atoms with Gasteiger partial charge in [0.25, 0.3) is 5.91 Å². The van der Waals surface area contributed by atoms with E-state index >= 15 is 0 Å². The van der Waals surface area contributed by atoms with Crippen molar-refractivity contribution in [2.24, 2.45) is 11.8 Å². The van der Waals surface area contributed by atoms with Crippen LogP contribution in [0, 0.1) is 11.8 Å². The van der Waals surface area contributed by atoms with Crippen molar-refractivity contribution in [1.82, 2.24) is 36.2 Å². The highest BCUT2D eigenvalue weighted by molar-refractivity contribution is 5.98. The third kappa shape index (κ3) is 2.55. The minimum atomic E-state index is -0.307. The highest BCUT2D eigenvalue weighted by Crippen LogP contribution is 2.60. The summed E-state index contributed by atoms with van der Waals surface area (Å²) in [4.78, 5) is 26.6. The second-order valence-electron chi connectivity index (χ2n) is 9.00. The molecule has 0 aromatic carbocycles. The molecule has 3 atom stereocenters. The Morgan fingerprint density at radius 3 is 2.67 bits per heavy atom. The van der Waals surface area contributed by atoms with Gasteiger partial charge in [0.15, 0.2) is 6.33 Å². The summed E-state index contributed by atoms with van der Waals surface area (Å²) in [5, 5.41) is 21.4. The van der Waals surface area contributed by atoms with Crippen LogP contribution in [0.2, 0.25) is 0 Å². The van der Waals surface area contributed by atoms with E-state index in [4.69, 9.17) is 0 Å². The minimum Gasteiger partial charge on any atom is -0.347 e. The van der Waals surface area contributed by atoms with Gasteiger partial charge in [-0.25, -0.2) is 4.79 Å². The molecule has 3 amide bonds. The molecule has 9 heteroatoms. The fraction of sp³-hybridized carbons (Fsp3) is 0.722. The number of urea groups is 1. The molecule has 5 aliphatic rings. The van der Waals surface area contributed by atoms with Crippen LogP contribution in [0.3, 0.4) is 0 Å². The van der Waals surface area contributed by atoms with Crippen molar-refractivity contribution in [3.05, 3.63) is 17.6 Å². The molecule has 4 saturated carbocycles. The normalized spacial score (nSPS) is 39.9. The van der Waals surface area contributed by atoms with E-state index < -0.39 is 0 Å². The number of allylic oxidation sites excluding steroid dienone is 1. The molecular weight excluding hydrogens is 346 g/mol. The molecule has 3 N–H and O–H groups in total. The number of hydrogen-bond acceptors (Lipinski definition) is 5. The zero-order valence-electron chi connectivity index (χ0n) is 15.7. The Hall–Kier alpha value is -2.45. The molecule has 1 aromatic rings. The largest absolute Gasteiger partial charge is 0.347 e. The highest BCUT2D eigenvalue weighted by atomic mass is 16.2. The van der Waals surface area contributed by atoms with Gasteiger partial charge < -0.3 is 16.0 Å². The zero-order valence-corrected chi connectivity index (χ0v) is 15.7. The van der Waals surface area contributed by atoms with E-state index in [2.05, 4.69) is 31.4 Å². The van der Waals surface area contributed by atoms with E-state index in [9.17, 15) is 9.59 Å². The SMILES string of the molecule is CC1=C(C(=O)NC23C[C@@H]4C[C@@H](C2)CC(n2ncnn2)(C4)C3)[C@@H](C)NC(=O)N1. The summed E-state index contributed by atoms with van der Waals surface area (Å²) < 4.78 is 0. The van der Waals surface area contributed by atoms with E-state index in [1.807, 2.05) is 6.92 Å². The molecule has 0 unspecified atom stereocenters. The molecule has 0 saturated heterocycles. The number of hydrogen-bond donors (Lipinski definition) is 3. The van der Waals surface area contributed by atoms with Gasteiger partial charge in [0, 0.05) is 11.2 Å². The van der Waals surface area contributed by atoms with Gasteiger partial charge in [-0.2, -0.15) is 4.80 Å². The van der Waals surface area contributed by atoms with Crippen LogP contribution in [0.25, 0.3) is 0 Å². The van der Waals surface area contributed by atoms with Crippen LogP contribution in [-0.2, 0) is 10.3 Å². The summed E-state index contributed by atoms with van der Waals surface area (Å²) in [6, 6.07) is -0.568. The first-order valence-electron chi connectivity index (χ1n) is 9.72. The van der Waals surface area contributed by atoms with E-state index in [0.29, 0.717) is 23.1 Å². The van der Waals surface area contributed by atoms with Gasteiger partial charge in [-0.05, 0) is 69.4 Å². The first kappa shape index (κ1) is 16.7. The number of aromatic nitrogens is 4. The van der Waals surface area contributed by atoms with Crippen molar-refractivity contribution in [3.8, 4) is 0 Å². The fourth-order valence-corrected chi connectivity index (χ4v) is 6.52. The second-order valence-corrected chi connectivity index (χ2v) is 9.00. The Balaban J connectivity index is 1.44. The number of carbonyl (C=O) groups excluding carboxylic acids is 2. The standard InChI is InChI=1S/C18H25N7O2/c1-10-14(11(2)22-16(27)21-10)15(26)23-17-4-12-3-13(5-17)7-18(6-12,8-17)25-20-9-19-24-25/h9-10,12-13H,3-8H2,1-2H3,(H,23,26)(H2,21,22,27)/t10-,12+,13+,17?,18?/m1/s1. The molecule has 1 aromatic heterocycles. The van der Waals surface area contributed by atoms with Crippen molar-refractivity contribution in [2.75, 3.05) is 0 Å². The van der Waals surface area contributed by atoms with Crippen molar-refractivity contribution < 1.29 is 9.59 Å². The molecule has 27 heavy (non-hydrogen) atoms. The first-order chi connectivity index (χ1) is 12.9. The Bertz CT molecular complexity index is 817. The van der Waals surface area contributed by atoms with Crippen LogP contribution < -0.4 is 16.0 Å². The first-order valence-corrected chi connectivity index (χ1v) is 9.72. The lowest BCUT2D eigenvalue weighted by Gasteiger charge is -2.61.